The van der Waals surface area contributed by atoms with E-state index < -0.39 is 0 Å². The lowest BCUT2D eigenvalue weighted by Crippen LogP contribution is -2.19. The first-order chi connectivity index (χ1) is 9.22. The van der Waals surface area contributed by atoms with Crippen molar-refractivity contribution in [3.8, 4) is 0 Å². The fourth-order valence-electron chi connectivity index (χ4n) is 1.44. The van der Waals surface area contributed by atoms with Crippen molar-refractivity contribution < 1.29 is 9.21 Å². The van der Waals surface area contributed by atoms with Crippen LogP contribution in [0, 0.1) is 0 Å². The lowest BCUT2D eigenvalue weighted by molar-refractivity contribution is 0.0957. The standard InChI is InChI=1S/C12H15N5O2/c1-3-8-6-15-11(19-8)7-14-10-5-4-9(16-17-10)12(18)13-2/h4-6H,3,7H2,1-2H3,(H,13,18)(H,14,17). The zero-order valence-electron chi connectivity index (χ0n) is 10.8. The van der Waals surface area contributed by atoms with Gasteiger partial charge in [-0.15, -0.1) is 10.2 Å². The number of carbonyl (C=O) groups excluding carboxylic acids is 1. The molecule has 0 bridgehead atoms. The highest BCUT2D eigenvalue weighted by Gasteiger charge is 2.06. The molecule has 0 saturated carbocycles. The van der Waals surface area contributed by atoms with Crippen LogP contribution in [0.4, 0.5) is 5.82 Å². The topological polar surface area (TPSA) is 92.9 Å². The zero-order chi connectivity index (χ0) is 13.7. The number of aryl methyl sites for hydroxylation is 1. The first kappa shape index (κ1) is 13.0. The van der Waals surface area contributed by atoms with Crippen LogP contribution in [-0.4, -0.2) is 28.1 Å². The maximum absolute atomic E-state index is 11.3. The molecule has 2 aromatic heterocycles. The molecule has 0 radical (unpaired) electrons. The van der Waals surface area contributed by atoms with E-state index in [-0.39, 0.29) is 11.6 Å². The third-order valence-electron chi connectivity index (χ3n) is 2.49. The number of carbonyl (C=O) groups is 1. The van der Waals surface area contributed by atoms with Gasteiger partial charge in [0, 0.05) is 13.5 Å². The lowest BCUT2D eigenvalue weighted by Gasteiger charge is -2.02. The number of nitrogens with zero attached hydrogens (tertiary/aromatic N) is 3. The minimum absolute atomic E-state index is 0.265. The number of aromatic nitrogens is 3. The molecular weight excluding hydrogens is 246 g/mol. The van der Waals surface area contributed by atoms with E-state index in [2.05, 4.69) is 25.8 Å². The van der Waals surface area contributed by atoms with Crippen molar-refractivity contribution in [3.63, 3.8) is 0 Å². The van der Waals surface area contributed by atoms with E-state index in [0.29, 0.717) is 18.3 Å². The number of hydrogen-bond donors (Lipinski definition) is 2. The molecule has 0 spiro atoms. The third kappa shape index (κ3) is 3.27. The van der Waals surface area contributed by atoms with E-state index in [9.17, 15) is 4.79 Å². The van der Waals surface area contributed by atoms with Gasteiger partial charge in [0.1, 0.15) is 11.6 Å². The van der Waals surface area contributed by atoms with Crippen molar-refractivity contribution in [1.29, 1.82) is 0 Å². The fourth-order valence-corrected chi connectivity index (χ4v) is 1.44. The molecule has 7 nitrogen and oxygen atoms in total. The predicted octanol–water partition coefficient (Wildman–Crippen LogP) is 0.999. The maximum atomic E-state index is 11.3. The van der Waals surface area contributed by atoms with Crippen LogP contribution in [0.1, 0.15) is 29.1 Å². The Morgan fingerprint density at radius 1 is 1.37 bits per heavy atom. The Kier molecular flexibility index (Phi) is 4.07. The summed E-state index contributed by atoms with van der Waals surface area (Å²) in [6, 6.07) is 3.28. The largest absolute Gasteiger partial charge is 0.444 e. The SMILES string of the molecule is CCc1cnc(CNc2ccc(C(=O)NC)nn2)o1. The molecule has 100 valence electrons. The molecular formula is C12H15N5O2. The van der Waals surface area contributed by atoms with Crippen molar-refractivity contribution in [3.05, 3.63) is 35.7 Å². The van der Waals surface area contributed by atoms with Gasteiger partial charge in [-0.25, -0.2) is 4.98 Å². The number of nitrogens with one attached hydrogen (secondary N) is 2. The van der Waals surface area contributed by atoms with Gasteiger partial charge in [-0.05, 0) is 12.1 Å². The summed E-state index contributed by atoms with van der Waals surface area (Å²) < 4.78 is 5.45. The number of hydrogen-bond acceptors (Lipinski definition) is 6. The summed E-state index contributed by atoms with van der Waals surface area (Å²) >= 11 is 0. The molecule has 7 heteroatoms. The molecule has 0 aliphatic rings. The Bertz CT molecular complexity index is 550. The first-order valence-corrected chi connectivity index (χ1v) is 5.96. The van der Waals surface area contributed by atoms with Crippen LogP contribution in [0.15, 0.2) is 22.7 Å². The summed E-state index contributed by atoms with van der Waals surface area (Å²) in [5.74, 6) is 1.73. The van der Waals surface area contributed by atoms with Crippen molar-refractivity contribution >= 4 is 11.7 Å². The summed E-state index contributed by atoms with van der Waals surface area (Å²) in [4.78, 5) is 15.4. The highest BCUT2D eigenvalue weighted by Crippen LogP contribution is 2.07. The van der Waals surface area contributed by atoms with Gasteiger partial charge >= 0.3 is 0 Å². The molecule has 0 aromatic carbocycles. The van der Waals surface area contributed by atoms with Crippen molar-refractivity contribution in [2.45, 2.75) is 19.9 Å². The fraction of sp³-hybridized carbons (Fsp3) is 0.333. The Morgan fingerprint density at radius 3 is 2.79 bits per heavy atom. The summed E-state index contributed by atoms with van der Waals surface area (Å²) in [5, 5.41) is 13.2. The summed E-state index contributed by atoms with van der Waals surface area (Å²) in [6.07, 6.45) is 2.52. The van der Waals surface area contributed by atoms with E-state index in [1.807, 2.05) is 6.92 Å². The number of anilines is 1. The summed E-state index contributed by atoms with van der Waals surface area (Å²) in [5.41, 5.74) is 0.275. The molecule has 0 atom stereocenters. The predicted molar refractivity (Wildman–Crippen MR) is 68.6 cm³/mol. The van der Waals surface area contributed by atoms with E-state index in [1.165, 1.54) is 0 Å². The van der Waals surface area contributed by atoms with Gasteiger partial charge in [-0.2, -0.15) is 0 Å². The third-order valence-corrected chi connectivity index (χ3v) is 2.49. The van der Waals surface area contributed by atoms with Crippen LogP contribution in [0.25, 0.3) is 0 Å². The van der Waals surface area contributed by atoms with Gasteiger partial charge in [0.25, 0.3) is 5.91 Å². The first-order valence-electron chi connectivity index (χ1n) is 5.96. The van der Waals surface area contributed by atoms with Gasteiger partial charge in [0.15, 0.2) is 5.69 Å². The minimum Gasteiger partial charge on any atom is -0.444 e. The molecule has 0 unspecified atom stereocenters. The molecule has 0 fully saturated rings. The molecule has 0 aliphatic carbocycles. The molecule has 0 saturated heterocycles. The minimum atomic E-state index is -0.265. The van der Waals surface area contributed by atoms with Crippen LogP contribution in [0.3, 0.4) is 0 Å². The normalized spacial score (nSPS) is 10.2. The van der Waals surface area contributed by atoms with Gasteiger partial charge in [-0.3, -0.25) is 4.79 Å². The van der Waals surface area contributed by atoms with Gasteiger partial charge < -0.3 is 15.1 Å². The lowest BCUT2D eigenvalue weighted by atomic mass is 10.3. The molecule has 0 aliphatic heterocycles. The molecule has 19 heavy (non-hydrogen) atoms. The van der Waals surface area contributed by atoms with Crippen LogP contribution in [0.5, 0.6) is 0 Å². The van der Waals surface area contributed by atoms with Gasteiger partial charge in [0.05, 0.1) is 12.7 Å². The van der Waals surface area contributed by atoms with E-state index >= 15 is 0 Å². The van der Waals surface area contributed by atoms with Crippen LogP contribution >= 0.6 is 0 Å². The molecule has 2 N–H and O–H groups in total. The Labute approximate surface area is 110 Å². The van der Waals surface area contributed by atoms with Crippen molar-refractivity contribution in [1.82, 2.24) is 20.5 Å². The van der Waals surface area contributed by atoms with Crippen molar-refractivity contribution in [2.24, 2.45) is 0 Å². The maximum Gasteiger partial charge on any atom is 0.271 e. The highest BCUT2D eigenvalue weighted by atomic mass is 16.4. The summed E-state index contributed by atoms with van der Waals surface area (Å²) in [6.45, 7) is 2.43. The number of oxazole rings is 1. The van der Waals surface area contributed by atoms with Crippen LogP contribution < -0.4 is 10.6 Å². The van der Waals surface area contributed by atoms with Crippen LogP contribution in [0.2, 0.25) is 0 Å². The number of rotatable bonds is 5. The van der Waals surface area contributed by atoms with E-state index in [4.69, 9.17) is 4.42 Å². The van der Waals surface area contributed by atoms with Crippen LogP contribution in [-0.2, 0) is 13.0 Å². The monoisotopic (exact) mass is 261 g/mol. The Hall–Kier alpha value is -2.44. The second-order valence-corrected chi connectivity index (χ2v) is 3.81. The average molecular weight is 261 g/mol. The Morgan fingerprint density at radius 2 is 2.21 bits per heavy atom. The van der Waals surface area contributed by atoms with Crippen molar-refractivity contribution in [2.75, 3.05) is 12.4 Å². The summed E-state index contributed by atoms with van der Waals surface area (Å²) in [7, 11) is 1.55. The van der Waals surface area contributed by atoms with E-state index in [0.717, 1.165) is 12.2 Å². The Balaban J connectivity index is 1.94. The molecule has 1 amide bonds. The van der Waals surface area contributed by atoms with E-state index in [1.54, 1.807) is 25.4 Å². The second-order valence-electron chi connectivity index (χ2n) is 3.81. The molecule has 2 aromatic rings. The van der Waals surface area contributed by atoms with Gasteiger partial charge in [-0.1, -0.05) is 6.92 Å². The molecule has 2 rings (SSSR count). The molecule has 2 heterocycles. The highest BCUT2D eigenvalue weighted by molar-refractivity contribution is 5.91. The zero-order valence-corrected chi connectivity index (χ0v) is 10.8. The second kappa shape index (κ2) is 5.94. The average Bonchev–Trinajstić information content (AvgIpc) is 2.93. The van der Waals surface area contributed by atoms with Gasteiger partial charge in [0.2, 0.25) is 5.89 Å². The quantitative estimate of drug-likeness (QED) is 0.834. The smallest absolute Gasteiger partial charge is 0.271 e. The number of amides is 1.